The number of carboxylic acids is 1. The van der Waals surface area contributed by atoms with Crippen molar-refractivity contribution in [3.63, 3.8) is 0 Å². The maximum absolute atomic E-state index is 11.6. The van der Waals surface area contributed by atoms with Gasteiger partial charge in [0.1, 0.15) is 6.04 Å². The fourth-order valence-corrected chi connectivity index (χ4v) is 1.65. The van der Waals surface area contributed by atoms with Gasteiger partial charge in [0.05, 0.1) is 6.04 Å². The number of carbonyl (C=O) groups excluding carboxylic acids is 1. The lowest BCUT2D eigenvalue weighted by molar-refractivity contribution is -0.139. The van der Waals surface area contributed by atoms with Gasteiger partial charge < -0.3 is 15.7 Å². The van der Waals surface area contributed by atoms with Gasteiger partial charge in [0.2, 0.25) is 0 Å². The summed E-state index contributed by atoms with van der Waals surface area (Å²) in [6, 6.07) is 7.54. The van der Waals surface area contributed by atoms with Crippen LogP contribution in [0.25, 0.3) is 0 Å². The lowest BCUT2D eigenvalue weighted by Gasteiger charge is -2.16. The average Bonchev–Trinajstić information content (AvgIpc) is 2.44. The number of hydrogen-bond acceptors (Lipinski definition) is 2. The minimum Gasteiger partial charge on any atom is -0.480 e. The molecule has 0 saturated heterocycles. The van der Waals surface area contributed by atoms with Crippen LogP contribution in [0.1, 0.15) is 18.9 Å². The summed E-state index contributed by atoms with van der Waals surface area (Å²) < 4.78 is 0. The van der Waals surface area contributed by atoms with E-state index in [-0.39, 0.29) is 0 Å². The van der Waals surface area contributed by atoms with Gasteiger partial charge in [-0.1, -0.05) is 36.3 Å². The second-order valence-corrected chi connectivity index (χ2v) is 4.42. The maximum Gasteiger partial charge on any atom is 0.326 e. The number of carboxylic acid groups (broad SMARTS) is 1. The van der Waals surface area contributed by atoms with Gasteiger partial charge in [-0.05, 0) is 25.3 Å². The first kappa shape index (κ1) is 15.6. The first-order chi connectivity index (χ1) is 9.52. The van der Waals surface area contributed by atoms with Crippen molar-refractivity contribution in [2.24, 2.45) is 0 Å². The fraction of sp³-hybridized carbons (Fsp3) is 0.333. The highest BCUT2D eigenvalue weighted by Crippen LogP contribution is 2.05. The third kappa shape index (κ3) is 5.44. The number of hydrogen-bond donors (Lipinski definition) is 3. The van der Waals surface area contributed by atoms with Crippen LogP contribution in [-0.2, 0) is 11.2 Å². The van der Waals surface area contributed by atoms with E-state index in [4.69, 9.17) is 11.5 Å². The molecule has 1 aromatic carbocycles. The Morgan fingerprint density at radius 3 is 2.50 bits per heavy atom. The van der Waals surface area contributed by atoms with Crippen molar-refractivity contribution < 1.29 is 14.7 Å². The highest BCUT2D eigenvalue weighted by Gasteiger charge is 2.20. The molecule has 0 bridgehead atoms. The van der Waals surface area contributed by atoms with E-state index >= 15 is 0 Å². The Hall–Kier alpha value is -2.48. The Kier molecular flexibility index (Phi) is 6.11. The molecule has 0 radical (unpaired) electrons. The molecule has 0 saturated carbocycles. The van der Waals surface area contributed by atoms with E-state index in [1.54, 1.807) is 6.92 Å². The minimum absolute atomic E-state index is 0.317. The van der Waals surface area contributed by atoms with Crippen LogP contribution < -0.4 is 10.6 Å². The zero-order valence-electron chi connectivity index (χ0n) is 11.3. The van der Waals surface area contributed by atoms with Crippen molar-refractivity contribution >= 4 is 12.0 Å². The van der Waals surface area contributed by atoms with Gasteiger partial charge in [0.15, 0.2) is 0 Å². The van der Waals surface area contributed by atoms with Crippen LogP contribution in [0.15, 0.2) is 30.3 Å². The van der Waals surface area contributed by atoms with Crippen LogP contribution in [-0.4, -0.2) is 29.2 Å². The summed E-state index contributed by atoms with van der Waals surface area (Å²) >= 11 is 0. The van der Waals surface area contributed by atoms with E-state index in [1.165, 1.54) is 0 Å². The number of nitrogens with one attached hydrogen (secondary N) is 2. The van der Waals surface area contributed by atoms with E-state index in [1.807, 2.05) is 30.3 Å². The van der Waals surface area contributed by atoms with Gasteiger partial charge in [0.25, 0.3) is 0 Å². The molecule has 0 aliphatic heterocycles. The van der Waals surface area contributed by atoms with Crippen molar-refractivity contribution in [1.82, 2.24) is 10.6 Å². The van der Waals surface area contributed by atoms with Crippen LogP contribution in [0.2, 0.25) is 0 Å². The monoisotopic (exact) mass is 274 g/mol. The summed E-state index contributed by atoms with van der Waals surface area (Å²) in [4.78, 5) is 22.7. The molecule has 0 aromatic heterocycles. The molecule has 0 aliphatic rings. The third-order valence-corrected chi connectivity index (χ3v) is 2.77. The van der Waals surface area contributed by atoms with Crippen LogP contribution in [0.5, 0.6) is 0 Å². The minimum atomic E-state index is -1.07. The fourth-order valence-electron chi connectivity index (χ4n) is 1.65. The molecule has 106 valence electrons. The van der Waals surface area contributed by atoms with Gasteiger partial charge in [-0.15, -0.1) is 6.42 Å². The number of carbonyl (C=O) groups is 2. The summed E-state index contributed by atoms with van der Waals surface area (Å²) in [5, 5.41) is 14.0. The number of aliphatic carboxylic acids is 1. The molecule has 5 nitrogen and oxygen atoms in total. The molecule has 0 heterocycles. The molecular formula is C15H18N2O3. The molecule has 5 heteroatoms. The molecule has 1 rings (SSSR count). The van der Waals surface area contributed by atoms with Crippen molar-refractivity contribution in [2.75, 3.05) is 0 Å². The summed E-state index contributed by atoms with van der Waals surface area (Å²) in [6.45, 7) is 1.64. The standard InChI is InChI=1S/C15H18N2O3/c1-3-11(2)16-15(20)17-13(14(18)19)10-9-12-7-5-4-6-8-12/h1,4-8,11,13H,9-10H2,2H3,(H,18,19)(H2,16,17,20)/t11?,13-/m0/s1. The largest absolute Gasteiger partial charge is 0.480 e. The number of terminal acetylenes is 1. The van der Waals surface area contributed by atoms with Crippen molar-refractivity contribution in [2.45, 2.75) is 31.8 Å². The van der Waals surface area contributed by atoms with Gasteiger partial charge in [-0.2, -0.15) is 0 Å². The van der Waals surface area contributed by atoms with E-state index in [2.05, 4.69) is 16.6 Å². The molecule has 20 heavy (non-hydrogen) atoms. The Morgan fingerprint density at radius 2 is 1.95 bits per heavy atom. The lowest BCUT2D eigenvalue weighted by atomic mass is 10.1. The molecule has 3 N–H and O–H groups in total. The van der Waals surface area contributed by atoms with Crippen molar-refractivity contribution in [3.8, 4) is 12.3 Å². The average molecular weight is 274 g/mol. The molecule has 0 fully saturated rings. The normalized spacial score (nSPS) is 12.8. The SMILES string of the molecule is C#CC(C)NC(=O)N[C@@H](CCc1ccccc1)C(=O)O. The predicted molar refractivity (Wildman–Crippen MR) is 76.1 cm³/mol. The van der Waals surface area contributed by atoms with Crippen molar-refractivity contribution in [3.05, 3.63) is 35.9 Å². The molecule has 2 atom stereocenters. The highest BCUT2D eigenvalue weighted by atomic mass is 16.4. The maximum atomic E-state index is 11.6. The lowest BCUT2D eigenvalue weighted by Crippen LogP contribution is -2.48. The summed E-state index contributed by atoms with van der Waals surface area (Å²) in [5.74, 6) is 1.27. The van der Waals surface area contributed by atoms with Crippen LogP contribution in [0.3, 0.4) is 0 Å². The number of urea groups is 1. The van der Waals surface area contributed by atoms with Crippen LogP contribution in [0, 0.1) is 12.3 Å². The second kappa shape index (κ2) is 7.85. The molecular weight excluding hydrogens is 256 g/mol. The number of benzene rings is 1. The smallest absolute Gasteiger partial charge is 0.326 e. The molecule has 0 spiro atoms. The topological polar surface area (TPSA) is 78.4 Å². The zero-order chi connectivity index (χ0) is 15.0. The number of amides is 2. The molecule has 1 aromatic rings. The van der Waals surface area contributed by atoms with Gasteiger partial charge in [-0.3, -0.25) is 0 Å². The van der Waals surface area contributed by atoms with Gasteiger partial charge in [0, 0.05) is 0 Å². The Balaban J connectivity index is 2.51. The number of rotatable bonds is 6. The molecule has 2 amide bonds. The Labute approximate surface area is 118 Å². The van der Waals surface area contributed by atoms with Crippen LogP contribution in [0.4, 0.5) is 4.79 Å². The summed E-state index contributed by atoms with van der Waals surface area (Å²) in [6.07, 6.45) is 6.03. The number of aryl methyl sites for hydroxylation is 1. The van der Waals surface area contributed by atoms with Gasteiger partial charge >= 0.3 is 12.0 Å². The van der Waals surface area contributed by atoms with E-state index in [0.717, 1.165) is 5.56 Å². The third-order valence-electron chi connectivity index (χ3n) is 2.77. The van der Waals surface area contributed by atoms with E-state index in [0.29, 0.717) is 12.8 Å². The Bertz CT molecular complexity index is 494. The first-order valence-corrected chi connectivity index (χ1v) is 6.33. The van der Waals surface area contributed by atoms with Crippen molar-refractivity contribution in [1.29, 1.82) is 0 Å². The zero-order valence-corrected chi connectivity index (χ0v) is 11.3. The summed E-state index contributed by atoms with van der Waals surface area (Å²) in [5.41, 5.74) is 1.03. The first-order valence-electron chi connectivity index (χ1n) is 6.33. The van der Waals surface area contributed by atoms with E-state index in [9.17, 15) is 9.59 Å². The molecule has 0 aliphatic carbocycles. The Morgan fingerprint density at radius 1 is 1.30 bits per heavy atom. The predicted octanol–water partition coefficient (Wildman–Crippen LogP) is 1.39. The van der Waals surface area contributed by atoms with E-state index < -0.39 is 24.1 Å². The van der Waals surface area contributed by atoms with Crippen LogP contribution >= 0.6 is 0 Å². The van der Waals surface area contributed by atoms with Gasteiger partial charge in [-0.25, -0.2) is 9.59 Å². The summed E-state index contributed by atoms with van der Waals surface area (Å²) in [7, 11) is 0. The second-order valence-electron chi connectivity index (χ2n) is 4.42. The quantitative estimate of drug-likeness (QED) is 0.686. The highest BCUT2D eigenvalue weighted by molar-refractivity contribution is 5.82. The molecule has 1 unspecified atom stereocenters.